The lowest BCUT2D eigenvalue weighted by molar-refractivity contribution is -0.141. The van der Waals surface area contributed by atoms with E-state index in [1.165, 1.54) is 5.01 Å². The van der Waals surface area contributed by atoms with E-state index < -0.39 is 12.0 Å². The number of hydrazone groups is 1. The molecule has 2 aromatic heterocycles. The molecule has 0 saturated heterocycles. The molecule has 136 valence electrons. The highest BCUT2D eigenvalue weighted by Crippen LogP contribution is 2.32. The van der Waals surface area contributed by atoms with Gasteiger partial charge in [0.1, 0.15) is 6.04 Å². The van der Waals surface area contributed by atoms with Gasteiger partial charge in [0.25, 0.3) is 0 Å². The maximum absolute atomic E-state index is 12.6. The quantitative estimate of drug-likeness (QED) is 0.723. The molecule has 1 aliphatic rings. The summed E-state index contributed by atoms with van der Waals surface area (Å²) in [7, 11) is 0. The fourth-order valence-electron chi connectivity index (χ4n) is 3.10. The molecule has 0 aliphatic carbocycles. The number of fused-ring (bicyclic) bond motifs is 1. The minimum Gasteiger partial charge on any atom is -0.481 e. The van der Waals surface area contributed by atoms with Gasteiger partial charge in [-0.2, -0.15) is 5.10 Å². The average Bonchev–Trinajstić information content (AvgIpc) is 3.35. The molecule has 0 fully saturated rings. The van der Waals surface area contributed by atoms with Gasteiger partial charge in [-0.3, -0.25) is 14.6 Å². The second-order valence-electron chi connectivity index (χ2n) is 6.27. The van der Waals surface area contributed by atoms with Crippen molar-refractivity contribution in [3.8, 4) is 0 Å². The Balaban J connectivity index is 1.67. The summed E-state index contributed by atoms with van der Waals surface area (Å²) in [6.07, 6.45) is 3.56. The van der Waals surface area contributed by atoms with E-state index in [4.69, 9.17) is 5.11 Å². The molecule has 3 aromatic rings. The Morgan fingerprint density at radius 2 is 1.96 bits per heavy atom. The lowest BCUT2D eigenvalue weighted by Crippen LogP contribution is -2.28. The van der Waals surface area contributed by atoms with Crippen molar-refractivity contribution in [3.05, 3.63) is 60.2 Å². The molecule has 0 spiro atoms. The minimum absolute atomic E-state index is 0.117. The van der Waals surface area contributed by atoms with Gasteiger partial charge in [-0.05, 0) is 24.3 Å². The number of carboxylic acid groups (broad SMARTS) is 1. The first-order chi connectivity index (χ1) is 13.1. The molecule has 0 unspecified atom stereocenters. The summed E-state index contributed by atoms with van der Waals surface area (Å²) in [4.78, 5) is 35.6. The summed E-state index contributed by atoms with van der Waals surface area (Å²) in [5.41, 5.74) is 3.68. The minimum atomic E-state index is -1.02. The van der Waals surface area contributed by atoms with Gasteiger partial charge in [0.05, 0.1) is 40.8 Å². The number of hydrogen-bond acceptors (Lipinski definition) is 5. The number of amides is 1. The number of carboxylic acids is 1. The highest BCUT2D eigenvalue weighted by atomic mass is 16.4. The first kappa shape index (κ1) is 16.9. The largest absolute Gasteiger partial charge is 0.481 e. The third-order valence-corrected chi connectivity index (χ3v) is 4.44. The molecule has 27 heavy (non-hydrogen) atoms. The highest BCUT2D eigenvalue weighted by Gasteiger charge is 2.34. The molecular formula is C19H17N5O3. The lowest BCUT2D eigenvalue weighted by atomic mass is 10.1. The zero-order chi connectivity index (χ0) is 18.8. The number of nitrogens with one attached hydrogen (secondary N) is 1. The topological polar surface area (TPSA) is 112 Å². The van der Waals surface area contributed by atoms with E-state index in [0.717, 1.165) is 22.4 Å². The number of nitrogens with zero attached hydrogens (tertiary/aromatic N) is 4. The third kappa shape index (κ3) is 3.41. The monoisotopic (exact) mass is 363 g/mol. The summed E-state index contributed by atoms with van der Waals surface area (Å²) >= 11 is 0. The van der Waals surface area contributed by atoms with Crippen molar-refractivity contribution < 1.29 is 14.7 Å². The predicted octanol–water partition coefficient (Wildman–Crippen LogP) is 2.50. The first-order valence-electron chi connectivity index (χ1n) is 8.58. The Bertz CT molecular complexity index is 1030. The number of aromatic nitrogens is 3. The third-order valence-electron chi connectivity index (χ3n) is 4.44. The van der Waals surface area contributed by atoms with E-state index in [1.54, 1.807) is 12.4 Å². The number of rotatable bonds is 5. The molecule has 8 heteroatoms. The lowest BCUT2D eigenvalue weighted by Gasteiger charge is -2.21. The smallest absolute Gasteiger partial charge is 0.303 e. The number of para-hydroxylation sites is 2. The number of carbonyl (C=O) groups excluding carboxylic acids is 1. The van der Waals surface area contributed by atoms with E-state index in [1.807, 2.05) is 36.4 Å². The number of hydrogen-bond donors (Lipinski definition) is 2. The van der Waals surface area contributed by atoms with Crippen molar-refractivity contribution in [3.63, 3.8) is 0 Å². The predicted molar refractivity (Wildman–Crippen MR) is 97.9 cm³/mol. The van der Waals surface area contributed by atoms with E-state index in [-0.39, 0.29) is 18.7 Å². The molecule has 2 N–H and O–H groups in total. The van der Waals surface area contributed by atoms with Crippen LogP contribution in [0.15, 0.2) is 53.9 Å². The number of benzene rings is 1. The van der Waals surface area contributed by atoms with Crippen LogP contribution in [0.1, 0.15) is 36.7 Å². The van der Waals surface area contributed by atoms with Gasteiger partial charge in [0.2, 0.25) is 5.91 Å². The molecule has 0 saturated carbocycles. The molecule has 0 bridgehead atoms. The van der Waals surface area contributed by atoms with Crippen LogP contribution in [0.5, 0.6) is 0 Å². The van der Waals surface area contributed by atoms with Crippen LogP contribution in [0.4, 0.5) is 0 Å². The summed E-state index contributed by atoms with van der Waals surface area (Å²) in [6, 6.07) is 10.8. The van der Waals surface area contributed by atoms with Gasteiger partial charge >= 0.3 is 5.97 Å². The van der Waals surface area contributed by atoms with Crippen LogP contribution in [0.25, 0.3) is 11.0 Å². The normalized spacial score (nSPS) is 16.5. The molecule has 1 atom stereocenters. The SMILES string of the molecule is O=C(O)CCC(=O)N1N=C(c2ccc[nH]2)C[C@@H]1c1cnc2ccccc2n1. The molecule has 1 aliphatic heterocycles. The number of H-pyrrole nitrogens is 1. The summed E-state index contributed by atoms with van der Waals surface area (Å²) in [6.45, 7) is 0. The number of aromatic amines is 1. The first-order valence-corrected chi connectivity index (χ1v) is 8.58. The second kappa shape index (κ2) is 6.99. The molecule has 1 amide bonds. The summed E-state index contributed by atoms with van der Waals surface area (Å²) < 4.78 is 0. The second-order valence-corrected chi connectivity index (χ2v) is 6.27. The molecular weight excluding hydrogens is 346 g/mol. The van der Waals surface area contributed by atoms with Crippen molar-refractivity contribution in [2.24, 2.45) is 5.10 Å². The number of aliphatic carboxylic acids is 1. The number of carbonyl (C=O) groups is 2. The molecule has 0 radical (unpaired) electrons. The Kier molecular flexibility index (Phi) is 4.37. The van der Waals surface area contributed by atoms with E-state index in [2.05, 4.69) is 20.1 Å². The van der Waals surface area contributed by atoms with E-state index >= 15 is 0 Å². The Morgan fingerprint density at radius 3 is 2.70 bits per heavy atom. The van der Waals surface area contributed by atoms with Crippen molar-refractivity contribution in [2.75, 3.05) is 0 Å². The Morgan fingerprint density at radius 1 is 1.15 bits per heavy atom. The van der Waals surface area contributed by atoms with Crippen LogP contribution in [-0.4, -0.2) is 42.7 Å². The standard InChI is InChI=1S/C19H17N5O3/c25-18(7-8-19(26)27)24-17(10-15(23-24)13-6-3-9-20-13)16-11-21-12-4-1-2-5-14(12)22-16/h1-6,9,11,17,20H,7-8,10H2,(H,26,27)/t17-/m1/s1. The fraction of sp³-hybridized carbons (Fsp3) is 0.211. The average molecular weight is 363 g/mol. The van der Waals surface area contributed by atoms with Gasteiger partial charge < -0.3 is 10.1 Å². The Labute approximate surface area is 154 Å². The van der Waals surface area contributed by atoms with Crippen molar-refractivity contribution in [2.45, 2.75) is 25.3 Å². The van der Waals surface area contributed by atoms with Crippen LogP contribution < -0.4 is 0 Å². The molecule has 3 heterocycles. The molecule has 1 aromatic carbocycles. The van der Waals surface area contributed by atoms with Gasteiger partial charge in [0, 0.05) is 19.0 Å². The maximum Gasteiger partial charge on any atom is 0.303 e. The van der Waals surface area contributed by atoms with E-state index in [0.29, 0.717) is 12.1 Å². The van der Waals surface area contributed by atoms with Crippen LogP contribution in [0.2, 0.25) is 0 Å². The van der Waals surface area contributed by atoms with Gasteiger partial charge in [-0.1, -0.05) is 12.1 Å². The van der Waals surface area contributed by atoms with Crippen LogP contribution in [-0.2, 0) is 9.59 Å². The zero-order valence-electron chi connectivity index (χ0n) is 14.4. The van der Waals surface area contributed by atoms with Crippen molar-refractivity contribution in [1.82, 2.24) is 20.0 Å². The van der Waals surface area contributed by atoms with Crippen molar-refractivity contribution in [1.29, 1.82) is 0 Å². The van der Waals surface area contributed by atoms with Gasteiger partial charge in [-0.15, -0.1) is 0 Å². The molecule has 8 nitrogen and oxygen atoms in total. The van der Waals surface area contributed by atoms with Crippen molar-refractivity contribution >= 4 is 28.6 Å². The fourth-order valence-corrected chi connectivity index (χ4v) is 3.10. The van der Waals surface area contributed by atoms with Gasteiger partial charge in [-0.25, -0.2) is 9.99 Å². The summed E-state index contributed by atoms with van der Waals surface area (Å²) in [5, 5.41) is 14.7. The zero-order valence-corrected chi connectivity index (χ0v) is 14.4. The summed E-state index contributed by atoms with van der Waals surface area (Å²) in [5.74, 6) is -1.36. The van der Waals surface area contributed by atoms with Crippen LogP contribution >= 0.6 is 0 Å². The maximum atomic E-state index is 12.6. The van der Waals surface area contributed by atoms with E-state index in [9.17, 15) is 9.59 Å². The highest BCUT2D eigenvalue weighted by molar-refractivity contribution is 6.01. The van der Waals surface area contributed by atoms with Gasteiger partial charge in [0.15, 0.2) is 0 Å². The Hall–Kier alpha value is -3.55. The van der Waals surface area contributed by atoms with Crippen LogP contribution in [0.3, 0.4) is 0 Å². The molecule has 4 rings (SSSR count). The van der Waals surface area contributed by atoms with Crippen LogP contribution in [0, 0.1) is 0 Å².